The van der Waals surface area contributed by atoms with Gasteiger partial charge in [-0.1, -0.05) is 0 Å². The van der Waals surface area contributed by atoms with Crippen molar-refractivity contribution < 1.29 is 13.2 Å². The third-order valence-corrected chi connectivity index (χ3v) is 2.99. The van der Waals surface area contributed by atoms with E-state index in [-0.39, 0.29) is 0 Å². The molecule has 1 N–H and O–H groups in total. The van der Waals surface area contributed by atoms with Crippen LogP contribution in [-0.2, 0) is 14.8 Å². The highest BCUT2D eigenvalue weighted by Crippen LogP contribution is 2.17. The zero-order chi connectivity index (χ0) is 9.73. The minimum absolute atomic E-state index is 0.559. The van der Waals surface area contributed by atoms with Crippen LogP contribution in [0.25, 0.3) is 0 Å². The fourth-order valence-electron chi connectivity index (χ4n) is 1.48. The maximum atomic E-state index is 10.7. The summed E-state index contributed by atoms with van der Waals surface area (Å²) >= 11 is 0. The van der Waals surface area contributed by atoms with Gasteiger partial charge in [0, 0.05) is 19.8 Å². The predicted octanol–water partition coefficient (Wildman–Crippen LogP) is 0.352. The van der Waals surface area contributed by atoms with E-state index in [2.05, 4.69) is 4.72 Å². The Labute approximate surface area is 79.7 Å². The van der Waals surface area contributed by atoms with Crippen LogP contribution in [0.5, 0.6) is 0 Å². The Morgan fingerprint density at radius 1 is 1.38 bits per heavy atom. The predicted molar refractivity (Wildman–Crippen MR) is 51.0 cm³/mol. The Bertz CT molecular complexity index is 232. The largest absolute Gasteiger partial charge is 0.381 e. The van der Waals surface area contributed by atoms with Gasteiger partial charge in [-0.3, -0.25) is 0 Å². The highest BCUT2D eigenvalue weighted by molar-refractivity contribution is 7.88. The summed E-state index contributed by atoms with van der Waals surface area (Å²) in [5.74, 6) is 0.628. The van der Waals surface area contributed by atoms with Crippen molar-refractivity contribution >= 4 is 10.0 Å². The van der Waals surface area contributed by atoms with Crippen LogP contribution in [0.4, 0.5) is 0 Å². The van der Waals surface area contributed by atoms with Gasteiger partial charge in [-0.2, -0.15) is 0 Å². The Balaban J connectivity index is 2.11. The normalized spacial score (nSPS) is 20.4. The Hall–Kier alpha value is -0.130. The zero-order valence-electron chi connectivity index (χ0n) is 7.95. The average Bonchev–Trinajstić information content (AvgIpc) is 2.04. The van der Waals surface area contributed by atoms with Crippen molar-refractivity contribution in [3.63, 3.8) is 0 Å². The van der Waals surface area contributed by atoms with Crippen LogP contribution in [0.1, 0.15) is 19.3 Å². The van der Waals surface area contributed by atoms with Crippen LogP contribution in [-0.4, -0.2) is 34.4 Å². The lowest BCUT2D eigenvalue weighted by molar-refractivity contribution is 0.0644. The van der Waals surface area contributed by atoms with E-state index in [0.29, 0.717) is 12.5 Å². The highest BCUT2D eigenvalue weighted by atomic mass is 32.2. The van der Waals surface area contributed by atoms with Crippen LogP contribution >= 0.6 is 0 Å². The molecule has 0 amide bonds. The van der Waals surface area contributed by atoms with E-state index in [9.17, 15) is 8.42 Å². The van der Waals surface area contributed by atoms with Gasteiger partial charge in [-0.25, -0.2) is 13.1 Å². The van der Waals surface area contributed by atoms with Gasteiger partial charge in [0.25, 0.3) is 0 Å². The van der Waals surface area contributed by atoms with E-state index < -0.39 is 10.0 Å². The summed E-state index contributed by atoms with van der Waals surface area (Å²) < 4.78 is 29.2. The van der Waals surface area contributed by atoms with Gasteiger partial charge in [-0.05, 0) is 25.2 Å². The maximum absolute atomic E-state index is 10.7. The fraction of sp³-hybridized carbons (Fsp3) is 1.00. The maximum Gasteiger partial charge on any atom is 0.208 e. The lowest BCUT2D eigenvalue weighted by atomic mass is 9.97. The summed E-state index contributed by atoms with van der Waals surface area (Å²) in [5.41, 5.74) is 0. The molecule has 1 aliphatic heterocycles. The third kappa shape index (κ3) is 5.23. The van der Waals surface area contributed by atoms with Crippen molar-refractivity contribution in [2.75, 3.05) is 26.0 Å². The second kappa shape index (κ2) is 4.93. The molecule has 0 aliphatic carbocycles. The van der Waals surface area contributed by atoms with E-state index in [1.807, 2.05) is 0 Å². The lowest BCUT2D eigenvalue weighted by Crippen LogP contribution is -2.26. The molecule has 0 aromatic heterocycles. The molecule has 0 unspecified atom stereocenters. The zero-order valence-corrected chi connectivity index (χ0v) is 8.77. The number of ether oxygens (including phenoxy) is 1. The summed E-state index contributed by atoms with van der Waals surface area (Å²) in [6.45, 7) is 2.20. The standard InChI is InChI=1S/C8H17NO3S/c1-13(10,11)9-5-2-8-3-6-12-7-4-8/h8-9H,2-7H2,1H3. The first-order valence-electron chi connectivity index (χ1n) is 4.60. The molecule has 0 saturated carbocycles. The smallest absolute Gasteiger partial charge is 0.208 e. The van der Waals surface area contributed by atoms with Crippen molar-refractivity contribution in [1.29, 1.82) is 0 Å². The van der Waals surface area contributed by atoms with Gasteiger partial charge in [0.2, 0.25) is 10.0 Å². The average molecular weight is 207 g/mol. The fourth-order valence-corrected chi connectivity index (χ4v) is 1.97. The van der Waals surface area contributed by atoms with Gasteiger partial charge in [0.15, 0.2) is 0 Å². The molecule has 1 saturated heterocycles. The number of rotatable bonds is 4. The van der Waals surface area contributed by atoms with Crippen LogP contribution in [0.15, 0.2) is 0 Å². The molecular weight excluding hydrogens is 190 g/mol. The molecule has 0 aromatic carbocycles. The summed E-state index contributed by atoms with van der Waals surface area (Å²) in [6, 6.07) is 0. The van der Waals surface area contributed by atoms with Crippen LogP contribution in [0.3, 0.4) is 0 Å². The molecular formula is C8H17NO3S. The lowest BCUT2D eigenvalue weighted by Gasteiger charge is -2.21. The van der Waals surface area contributed by atoms with Crippen LogP contribution in [0.2, 0.25) is 0 Å². The van der Waals surface area contributed by atoms with E-state index in [0.717, 1.165) is 32.5 Å². The van der Waals surface area contributed by atoms with E-state index in [1.165, 1.54) is 6.26 Å². The van der Waals surface area contributed by atoms with Crippen molar-refractivity contribution in [2.24, 2.45) is 5.92 Å². The molecule has 0 aromatic rings. The van der Waals surface area contributed by atoms with E-state index >= 15 is 0 Å². The van der Waals surface area contributed by atoms with Crippen molar-refractivity contribution in [2.45, 2.75) is 19.3 Å². The van der Waals surface area contributed by atoms with Gasteiger partial charge >= 0.3 is 0 Å². The van der Waals surface area contributed by atoms with Gasteiger partial charge in [-0.15, -0.1) is 0 Å². The number of nitrogens with one attached hydrogen (secondary N) is 1. The quantitative estimate of drug-likeness (QED) is 0.724. The first-order chi connectivity index (χ1) is 6.08. The van der Waals surface area contributed by atoms with E-state index in [1.54, 1.807) is 0 Å². The third-order valence-electron chi connectivity index (χ3n) is 2.26. The first kappa shape index (κ1) is 10.9. The Morgan fingerprint density at radius 2 is 2.00 bits per heavy atom. The molecule has 13 heavy (non-hydrogen) atoms. The molecule has 1 fully saturated rings. The van der Waals surface area contributed by atoms with Crippen molar-refractivity contribution in [1.82, 2.24) is 4.72 Å². The van der Waals surface area contributed by atoms with Crippen LogP contribution < -0.4 is 4.72 Å². The van der Waals surface area contributed by atoms with Crippen LogP contribution in [0, 0.1) is 5.92 Å². The monoisotopic (exact) mass is 207 g/mol. The molecule has 1 aliphatic rings. The highest BCUT2D eigenvalue weighted by Gasteiger charge is 2.13. The van der Waals surface area contributed by atoms with Crippen molar-refractivity contribution in [3.05, 3.63) is 0 Å². The molecule has 0 bridgehead atoms. The second-order valence-corrected chi connectivity index (χ2v) is 5.34. The van der Waals surface area contributed by atoms with Gasteiger partial charge in [0.1, 0.15) is 0 Å². The number of sulfonamides is 1. The summed E-state index contributed by atoms with van der Waals surface area (Å²) in [5, 5.41) is 0. The number of hydrogen-bond donors (Lipinski definition) is 1. The molecule has 1 rings (SSSR count). The molecule has 5 heteroatoms. The molecule has 0 spiro atoms. The van der Waals surface area contributed by atoms with Crippen molar-refractivity contribution in [3.8, 4) is 0 Å². The molecule has 78 valence electrons. The Morgan fingerprint density at radius 3 is 2.54 bits per heavy atom. The van der Waals surface area contributed by atoms with Gasteiger partial charge < -0.3 is 4.74 Å². The summed E-state index contributed by atoms with van der Waals surface area (Å²) in [4.78, 5) is 0. The van der Waals surface area contributed by atoms with Gasteiger partial charge in [0.05, 0.1) is 6.26 Å². The van der Waals surface area contributed by atoms with E-state index in [4.69, 9.17) is 4.74 Å². The second-order valence-electron chi connectivity index (χ2n) is 3.51. The summed E-state index contributed by atoms with van der Waals surface area (Å²) in [7, 11) is -3.01. The molecule has 0 radical (unpaired) electrons. The SMILES string of the molecule is CS(=O)(=O)NCCC1CCOCC1. The first-order valence-corrected chi connectivity index (χ1v) is 6.49. The number of hydrogen-bond acceptors (Lipinski definition) is 3. The Kier molecular flexibility index (Phi) is 4.15. The molecule has 0 atom stereocenters. The molecule has 1 heterocycles. The summed E-state index contributed by atoms with van der Waals surface area (Å²) in [6.07, 6.45) is 4.24. The minimum Gasteiger partial charge on any atom is -0.381 e. The topological polar surface area (TPSA) is 55.4 Å². The molecule has 4 nitrogen and oxygen atoms in total. The minimum atomic E-state index is -3.01.